The van der Waals surface area contributed by atoms with Crippen LogP contribution in [0.2, 0.25) is 0 Å². The smallest absolute Gasteiger partial charge is 0.0553 e. The number of thiophene rings is 1. The lowest BCUT2D eigenvalue weighted by atomic mass is 10.0. The number of hydrogen-bond acceptors (Lipinski definition) is 3. The fourth-order valence-electron chi connectivity index (χ4n) is 2.30. The molecular weight excluding hydrogens is 320 g/mol. The fourth-order valence-corrected chi connectivity index (χ4v) is 3.84. The van der Waals surface area contributed by atoms with Crippen molar-refractivity contribution in [3.05, 3.63) is 20.8 Å². The molecule has 110 valence electrons. The van der Waals surface area contributed by atoms with Gasteiger partial charge in [-0.1, -0.05) is 58.3 Å². The zero-order valence-electron chi connectivity index (χ0n) is 12.0. The molecular formula is C15H27BrN2S. The van der Waals surface area contributed by atoms with Gasteiger partial charge < -0.3 is 0 Å². The molecule has 2 nitrogen and oxygen atoms in total. The Balaban J connectivity index is 2.07. The van der Waals surface area contributed by atoms with Gasteiger partial charge in [-0.25, -0.2) is 0 Å². The van der Waals surface area contributed by atoms with Crippen molar-refractivity contribution in [3.63, 3.8) is 0 Å². The van der Waals surface area contributed by atoms with Gasteiger partial charge in [0.1, 0.15) is 0 Å². The molecule has 0 amide bonds. The molecule has 0 saturated heterocycles. The molecule has 0 aromatic carbocycles. The zero-order chi connectivity index (χ0) is 13.9. The molecule has 0 saturated carbocycles. The van der Waals surface area contributed by atoms with E-state index >= 15 is 0 Å². The lowest BCUT2D eigenvalue weighted by molar-refractivity contribution is 0.480. The van der Waals surface area contributed by atoms with Crippen LogP contribution < -0.4 is 11.3 Å². The molecule has 0 radical (unpaired) electrons. The fraction of sp³-hybridized carbons (Fsp3) is 0.733. The standard InChI is InChI=1S/C15H27BrN2S/c1-2-3-4-5-6-7-8-9-10-14(18-17)15-11-13(16)12-19-15/h11-12,14,18H,2-10,17H2,1H3. The number of nitrogens with two attached hydrogens (primary N) is 1. The van der Waals surface area contributed by atoms with Gasteiger partial charge in [-0.05, 0) is 28.4 Å². The van der Waals surface area contributed by atoms with Crippen LogP contribution in [0.25, 0.3) is 0 Å². The maximum absolute atomic E-state index is 5.65. The molecule has 0 aliphatic carbocycles. The average molecular weight is 347 g/mol. The normalized spacial score (nSPS) is 12.8. The molecule has 0 spiro atoms. The number of hydrogen-bond donors (Lipinski definition) is 2. The van der Waals surface area contributed by atoms with E-state index in [4.69, 9.17) is 5.84 Å². The lowest BCUT2D eigenvalue weighted by Crippen LogP contribution is -2.27. The average Bonchev–Trinajstić information content (AvgIpc) is 2.83. The Bertz CT molecular complexity index is 328. The molecule has 1 rings (SSSR count). The third-order valence-corrected chi connectivity index (χ3v) is 5.29. The van der Waals surface area contributed by atoms with E-state index in [0.29, 0.717) is 6.04 Å². The van der Waals surface area contributed by atoms with Crippen LogP contribution in [-0.4, -0.2) is 0 Å². The topological polar surface area (TPSA) is 38.0 Å². The molecule has 19 heavy (non-hydrogen) atoms. The summed E-state index contributed by atoms with van der Waals surface area (Å²) in [6.07, 6.45) is 12.0. The van der Waals surface area contributed by atoms with Crippen LogP contribution in [0.5, 0.6) is 0 Å². The van der Waals surface area contributed by atoms with Gasteiger partial charge in [-0.2, -0.15) is 0 Å². The van der Waals surface area contributed by atoms with Crippen molar-refractivity contribution in [3.8, 4) is 0 Å². The van der Waals surface area contributed by atoms with Gasteiger partial charge in [0, 0.05) is 14.7 Å². The molecule has 0 fully saturated rings. The van der Waals surface area contributed by atoms with Gasteiger partial charge in [0.15, 0.2) is 0 Å². The number of hydrazine groups is 1. The van der Waals surface area contributed by atoms with Crippen molar-refractivity contribution < 1.29 is 0 Å². The van der Waals surface area contributed by atoms with Crippen molar-refractivity contribution >= 4 is 27.3 Å². The largest absolute Gasteiger partial charge is 0.271 e. The molecule has 1 unspecified atom stereocenters. The van der Waals surface area contributed by atoms with E-state index in [0.717, 1.165) is 10.9 Å². The summed E-state index contributed by atoms with van der Waals surface area (Å²) >= 11 is 5.26. The number of halogens is 1. The number of rotatable bonds is 11. The van der Waals surface area contributed by atoms with Gasteiger partial charge in [-0.3, -0.25) is 11.3 Å². The Labute approximate surface area is 130 Å². The Morgan fingerprint density at radius 1 is 1.16 bits per heavy atom. The molecule has 3 N–H and O–H groups in total. The molecule has 0 bridgehead atoms. The maximum Gasteiger partial charge on any atom is 0.0553 e. The van der Waals surface area contributed by atoms with E-state index in [1.54, 1.807) is 11.3 Å². The van der Waals surface area contributed by atoms with E-state index in [2.05, 4.69) is 39.7 Å². The van der Waals surface area contributed by atoms with Gasteiger partial charge in [0.2, 0.25) is 0 Å². The van der Waals surface area contributed by atoms with Crippen molar-refractivity contribution in [2.24, 2.45) is 5.84 Å². The van der Waals surface area contributed by atoms with Crippen LogP contribution in [0.4, 0.5) is 0 Å². The van der Waals surface area contributed by atoms with Gasteiger partial charge in [-0.15, -0.1) is 11.3 Å². The molecule has 1 aromatic rings. The first kappa shape index (κ1) is 17.2. The predicted octanol–water partition coefficient (Wildman–Crippen LogP) is 5.55. The first-order chi connectivity index (χ1) is 9.27. The highest BCUT2D eigenvalue weighted by Crippen LogP contribution is 2.28. The zero-order valence-corrected chi connectivity index (χ0v) is 14.4. The molecule has 1 aromatic heterocycles. The first-order valence-electron chi connectivity index (χ1n) is 7.48. The summed E-state index contributed by atoms with van der Waals surface area (Å²) in [6, 6.07) is 2.48. The second kappa shape index (κ2) is 10.8. The minimum absolute atomic E-state index is 0.316. The number of nitrogens with one attached hydrogen (secondary N) is 1. The molecule has 1 heterocycles. The van der Waals surface area contributed by atoms with Crippen molar-refractivity contribution in [1.29, 1.82) is 0 Å². The van der Waals surface area contributed by atoms with E-state index < -0.39 is 0 Å². The van der Waals surface area contributed by atoms with Crippen molar-refractivity contribution in [2.75, 3.05) is 0 Å². The summed E-state index contributed by atoms with van der Waals surface area (Å²) in [5, 5.41) is 2.12. The lowest BCUT2D eigenvalue weighted by Gasteiger charge is -2.13. The van der Waals surface area contributed by atoms with Crippen LogP contribution in [0.1, 0.15) is 75.6 Å². The molecule has 1 atom stereocenters. The third kappa shape index (κ3) is 7.45. The minimum atomic E-state index is 0.316. The van der Waals surface area contributed by atoms with Crippen LogP contribution >= 0.6 is 27.3 Å². The van der Waals surface area contributed by atoms with Gasteiger partial charge >= 0.3 is 0 Å². The summed E-state index contributed by atoms with van der Waals surface area (Å²) in [5.41, 5.74) is 2.94. The Hall–Kier alpha value is 0.1000. The number of unbranched alkanes of at least 4 members (excludes halogenated alkanes) is 7. The maximum atomic E-state index is 5.65. The SMILES string of the molecule is CCCCCCCCCCC(NN)c1cc(Br)cs1. The highest BCUT2D eigenvalue weighted by Gasteiger charge is 2.11. The predicted molar refractivity (Wildman–Crippen MR) is 89.3 cm³/mol. The minimum Gasteiger partial charge on any atom is -0.271 e. The van der Waals surface area contributed by atoms with Gasteiger partial charge in [0.25, 0.3) is 0 Å². The third-order valence-electron chi connectivity index (χ3n) is 3.48. The summed E-state index contributed by atoms with van der Waals surface area (Å²) in [7, 11) is 0. The Morgan fingerprint density at radius 2 is 1.79 bits per heavy atom. The molecule has 4 heteroatoms. The highest BCUT2D eigenvalue weighted by molar-refractivity contribution is 9.10. The van der Waals surface area contributed by atoms with Crippen molar-refractivity contribution in [2.45, 2.75) is 70.8 Å². The Kier molecular flexibility index (Phi) is 9.78. The van der Waals surface area contributed by atoms with E-state index in [9.17, 15) is 0 Å². The summed E-state index contributed by atoms with van der Waals surface area (Å²) in [6.45, 7) is 2.27. The molecule has 0 aliphatic heterocycles. The highest BCUT2D eigenvalue weighted by atomic mass is 79.9. The quantitative estimate of drug-likeness (QED) is 0.313. The second-order valence-electron chi connectivity index (χ2n) is 5.15. The summed E-state index contributed by atoms with van der Waals surface area (Å²) < 4.78 is 1.16. The van der Waals surface area contributed by atoms with E-state index in [1.807, 2.05) is 0 Å². The summed E-state index contributed by atoms with van der Waals surface area (Å²) in [4.78, 5) is 1.33. The second-order valence-corrected chi connectivity index (χ2v) is 7.01. The van der Waals surface area contributed by atoms with Crippen LogP contribution in [0.3, 0.4) is 0 Å². The van der Waals surface area contributed by atoms with Gasteiger partial charge in [0.05, 0.1) is 6.04 Å². The first-order valence-corrected chi connectivity index (χ1v) is 9.15. The van der Waals surface area contributed by atoms with Crippen LogP contribution in [-0.2, 0) is 0 Å². The Morgan fingerprint density at radius 3 is 2.32 bits per heavy atom. The summed E-state index contributed by atoms with van der Waals surface area (Å²) in [5.74, 6) is 5.65. The van der Waals surface area contributed by atoms with Crippen molar-refractivity contribution in [1.82, 2.24) is 5.43 Å². The van der Waals surface area contributed by atoms with Crippen LogP contribution in [0.15, 0.2) is 15.9 Å². The monoisotopic (exact) mass is 346 g/mol. The molecule has 0 aliphatic rings. The van der Waals surface area contributed by atoms with E-state index in [1.165, 1.54) is 56.2 Å². The van der Waals surface area contributed by atoms with E-state index in [-0.39, 0.29) is 0 Å². The van der Waals surface area contributed by atoms with Crippen LogP contribution in [0, 0.1) is 0 Å².